The number of allylic oxidation sites excluding steroid dienone is 1. The molecule has 0 bridgehead atoms. The van der Waals surface area contributed by atoms with Gasteiger partial charge in [-0.2, -0.15) is 0 Å². The molecular weight excluding hydrogens is 408 g/mol. The van der Waals surface area contributed by atoms with Crippen molar-refractivity contribution in [1.82, 2.24) is 0 Å². The van der Waals surface area contributed by atoms with Crippen LogP contribution in [0.4, 0.5) is 14.5 Å². The number of halogens is 2. The quantitative estimate of drug-likeness (QED) is 0.496. The Morgan fingerprint density at radius 3 is 2.50 bits per heavy atom. The molecule has 1 N–H and O–H groups in total. The lowest BCUT2D eigenvalue weighted by Gasteiger charge is -2.13. The smallest absolute Gasteiger partial charge is 0.270 e. The first kappa shape index (κ1) is 21.5. The van der Waals surface area contributed by atoms with E-state index in [1.165, 1.54) is 24.3 Å². The van der Waals surface area contributed by atoms with Crippen LogP contribution in [0.2, 0.25) is 0 Å². The predicted molar refractivity (Wildman–Crippen MR) is 113 cm³/mol. The Balaban J connectivity index is 1.61. The summed E-state index contributed by atoms with van der Waals surface area (Å²) in [7, 11) is -3.75. The molecule has 0 saturated heterocycles. The zero-order chi connectivity index (χ0) is 21.5. The number of hydrogen-bond donors (Lipinski definition) is 1. The fourth-order valence-corrected chi connectivity index (χ4v) is 3.66. The highest BCUT2D eigenvalue weighted by Gasteiger charge is 2.24. The lowest BCUT2D eigenvalue weighted by molar-refractivity contribution is 0.0320. The second kappa shape index (κ2) is 9.54. The van der Waals surface area contributed by atoms with Crippen LogP contribution in [-0.2, 0) is 10.0 Å². The highest BCUT2D eigenvalue weighted by Crippen LogP contribution is 2.24. The fourth-order valence-electron chi connectivity index (χ4n) is 2.58. The number of alkyl halides is 2. The first-order chi connectivity index (χ1) is 14.3. The van der Waals surface area contributed by atoms with Gasteiger partial charge < -0.3 is 4.74 Å². The third-order valence-corrected chi connectivity index (χ3v) is 5.48. The van der Waals surface area contributed by atoms with Gasteiger partial charge in [-0.25, -0.2) is 17.2 Å². The van der Waals surface area contributed by atoms with E-state index in [0.29, 0.717) is 11.3 Å². The number of hydrogen-bond acceptors (Lipinski definition) is 3. The Hall–Kier alpha value is -3.19. The van der Waals surface area contributed by atoms with Gasteiger partial charge in [0.1, 0.15) is 5.75 Å². The molecule has 0 atom stereocenters. The summed E-state index contributed by atoms with van der Waals surface area (Å²) in [4.78, 5) is 0.119. The summed E-state index contributed by atoms with van der Waals surface area (Å²) in [5, 5.41) is 0. The van der Waals surface area contributed by atoms with Gasteiger partial charge in [-0.1, -0.05) is 54.6 Å². The lowest BCUT2D eigenvalue weighted by Crippen LogP contribution is -2.16. The molecule has 0 aliphatic rings. The maximum absolute atomic E-state index is 14.1. The molecule has 3 aromatic carbocycles. The molecule has 4 nitrogen and oxygen atoms in total. The minimum Gasteiger partial charge on any atom is -0.493 e. The molecular formula is C23H20F2NO3S. The Labute approximate surface area is 174 Å². The number of ether oxygens (including phenoxy) is 1. The van der Waals surface area contributed by atoms with Crippen molar-refractivity contribution in [1.29, 1.82) is 0 Å². The molecule has 3 rings (SSSR count). The van der Waals surface area contributed by atoms with Crippen LogP contribution in [0.5, 0.6) is 5.75 Å². The van der Waals surface area contributed by atoms with Crippen LogP contribution < -0.4 is 9.46 Å². The van der Waals surface area contributed by atoms with Gasteiger partial charge in [0.05, 0.1) is 11.5 Å². The van der Waals surface area contributed by atoms with Crippen molar-refractivity contribution in [3.05, 3.63) is 96.6 Å². The van der Waals surface area contributed by atoms with Crippen LogP contribution in [-0.4, -0.2) is 20.9 Å². The van der Waals surface area contributed by atoms with E-state index in [1.807, 2.05) is 0 Å². The summed E-state index contributed by atoms with van der Waals surface area (Å²) in [6, 6.07) is 23.8. The maximum atomic E-state index is 14.1. The number of para-hydroxylation sites is 1. The topological polar surface area (TPSA) is 55.4 Å². The van der Waals surface area contributed by atoms with Crippen molar-refractivity contribution < 1.29 is 21.9 Å². The third-order valence-electron chi connectivity index (χ3n) is 4.09. The Bertz CT molecular complexity index is 1090. The van der Waals surface area contributed by atoms with E-state index < -0.39 is 22.4 Å². The average molecular weight is 428 g/mol. The van der Waals surface area contributed by atoms with Gasteiger partial charge in [0.25, 0.3) is 15.9 Å². The summed E-state index contributed by atoms with van der Waals surface area (Å²) < 4.78 is 60.7. The molecule has 0 aliphatic heterocycles. The molecule has 1 radical (unpaired) electrons. The van der Waals surface area contributed by atoms with Crippen molar-refractivity contribution in [3.8, 4) is 5.75 Å². The fraction of sp³-hybridized carbons (Fsp3) is 0.130. The zero-order valence-electron chi connectivity index (χ0n) is 16.0. The summed E-state index contributed by atoms with van der Waals surface area (Å²) in [6.45, 7) is -0.158. The monoisotopic (exact) mass is 428 g/mol. The van der Waals surface area contributed by atoms with Crippen molar-refractivity contribution >= 4 is 21.8 Å². The Morgan fingerprint density at radius 2 is 1.77 bits per heavy atom. The summed E-state index contributed by atoms with van der Waals surface area (Å²) in [5.41, 5.74) is 0.729. The number of sulfonamides is 1. The van der Waals surface area contributed by atoms with E-state index in [9.17, 15) is 17.2 Å². The van der Waals surface area contributed by atoms with Crippen molar-refractivity contribution in [3.63, 3.8) is 0 Å². The Kier molecular flexibility index (Phi) is 6.84. The van der Waals surface area contributed by atoms with Gasteiger partial charge in [0, 0.05) is 18.2 Å². The van der Waals surface area contributed by atoms with E-state index in [2.05, 4.69) is 10.8 Å². The van der Waals surface area contributed by atoms with Crippen molar-refractivity contribution in [2.75, 3.05) is 11.3 Å². The number of nitrogens with one attached hydrogen (secondary N) is 1. The van der Waals surface area contributed by atoms with Crippen LogP contribution in [0, 0.1) is 6.07 Å². The molecule has 0 heterocycles. The first-order valence-corrected chi connectivity index (χ1v) is 10.7. The Morgan fingerprint density at radius 1 is 1.00 bits per heavy atom. The average Bonchev–Trinajstić information content (AvgIpc) is 2.74. The van der Waals surface area contributed by atoms with Gasteiger partial charge in [0.15, 0.2) is 0 Å². The standard InChI is InChI=1S/C23H20F2NO3S/c24-23(25,16-17-29-21-10-3-1-4-11-21)15-14-19-8-7-9-20(18-19)26-30(27,28)22-12-5-2-6-13-22/h1-10,12-15,18,26H,16-17H2/b15-14+. The van der Waals surface area contributed by atoms with Crippen LogP contribution in [0.1, 0.15) is 12.0 Å². The van der Waals surface area contributed by atoms with Crippen LogP contribution >= 0.6 is 0 Å². The molecule has 0 saturated carbocycles. The minimum atomic E-state index is -3.75. The van der Waals surface area contributed by atoms with Gasteiger partial charge >= 0.3 is 0 Å². The van der Waals surface area contributed by atoms with E-state index in [4.69, 9.17) is 4.74 Å². The van der Waals surface area contributed by atoms with Gasteiger partial charge in [-0.3, -0.25) is 4.72 Å². The highest BCUT2D eigenvalue weighted by molar-refractivity contribution is 7.92. The highest BCUT2D eigenvalue weighted by atomic mass is 32.2. The van der Waals surface area contributed by atoms with Crippen molar-refractivity contribution in [2.24, 2.45) is 0 Å². The first-order valence-electron chi connectivity index (χ1n) is 9.19. The maximum Gasteiger partial charge on any atom is 0.270 e. The van der Waals surface area contributed by atoms with E-state index >= 15 is 0 Å². The minimum absolute atomic E-state index is 0.119. The van der Waals surface area contributed by atoms with E-state index in [1.54, 1.807) is 60.7 Å². The molecule has 3 aromatic rings. The summed E-state index contributed by atoms with van der Waals surface area (Å²) >= 11 is 0. The largest absolute Gasteiger partial charge is 0.493 e. The third kappa shape index (κ3) is 6.42. The SMILES string of the molecule is O=S(=O)(Nc1cccc(/C=C/C(F)(F)CCOc2[c]cccc2)c1)c1ccccc1. The molecule has 0 aromatic heterocycles. The second-order valence-corrected chi connectivity index (χ2v) is 8.15. The number of anilines is 1. The van der Waals surface area contributed by atoms with Crippen LogP contribution in [0.3, 0.4) is 0 Å². The van der Waals surface area contributed by atoms with Crippen LogP contribution in [0.25, 0.3) is 6.08 Å². The normalized spacial score (nSPS) is 12.1. The van der Waals surface area contributed by atoms with E-state index in [0.717, 1.165) is 6.08 Å². The number of rotatable bonds is 9. The second-order valence-electron chi connectivity index (χ2n) is 6.46. The van der Waals surface area contributed by atoms with Gasteiger partial charge in [-0.15, -0.1) is 0 Å². The lowest BCUT2D eigenvalue weighted by atomic mass is 10.1. The molecule has 0 fully saturated rings. The predicted octanol–water partition coefficient (Wildman–Crippen LogP) is 5.41. The van der Waals surface area contributed by atoms with Crippen molar-refractivity contribution in [2.45, 2.75) is 17.2 Å². The zero-order valence-corrected chi connectivity index (χ0v) is 16.8. The van der Waals surface area contributed by atoms with Crippen LogP contribution in [0.15, 0.2) is 89.8 Å². The summed E-state index contributed by atoms with van der Waals surface area (Å²) in [6.07, 6.45) is 1.55. The van der Waals surface area contributed by atoms with E-state index in [-0.39, 0.29) is 17.2 Å². The molecule has 0 unspecified atom stereocenters. The molecule has 0 aliphatic carbocycles. The molecule has 155 valence electrons. The summed E-state index contributed by atoms with van der Waals surface area (Å²) in [5.74, 6) is -2.66. The molecule has 30 heavy (non-hydrogen) atoms. The van der Waals surface area contributed by atoms with Gasteiger partial charge in [-0.05, 0) is 42.0 Å². The number of benzene rings is 3. The molecule has 0 amide bonds. The molecule has 7 heteroatoms. The van der Waals surface area contributed by atoms with Gasteiger partial charge in [0.2, 0.25) is 0 Å². The molecule has 0 spiro atoms.